The maximum absolute atomic E-state index is 9.89. The van der Waals surface area contributed by atoms with Gasteiger partial charge in [0.15, 0.2) is 0 Å². The predicted octanol–water partition coefficient (Wildman–Crippen LogP) is 2.43. The van der Waals surface area contributed by atoms with Crippen LogP contribution in [-0.4, -0.2) is 30.9 Å². The van der Waals surface area contributed by atoms with Crippen LogP contribution in [0, 0.1) is 19.8 Å². The molecule has 19 heavy (non-hydrogen) atoms. The molecule has 0 aliphatic heterocycles. The number of nitrogens with one attached hydrogen (secondary N) is 1. The van der Waals surface area contributed by atoms with Crippen LogP contribution in [0.1, 0.15) is 30.4 Å². The first-order valence-corrected chi connectivity index (χ1v) is 7.24. The average molecular weight is 263 g/mol. The summed E-state index contributed by atoms with van der Waals surface area (Å²) in [6.45, 7) is 6.02. The maximum atomic E-state index is 9.89. The Morgan fingerprint density at radius 3 is 2.63 bits per heavy atom. The second kappa shape index (κ2) is 6.92. The minimum Gasteiger partial charge on any atom is -0.490 e. The standard InChI is InChI=1S/C16H25NO2/c1-12-4-3-5-13(2)16(12)19-11-15(18)10-17-9-8-14-6-7-14/h3-5,14-15,17-18H,6-11H2,1-2H3. The number of ether oxygens (including phenoxy) is 1. The summed E-state index contributed by atoms with van der Waals surface area (Å²) in [4.78, 5) is 0. The fourth-order valence-electron chi connectivity index (χ4n) is 2.25. The molecule has 1 aromatic carbocycles. The van der Waals surface area contributed by atoms with Crippen molar-refractivity contribution in [2.75, 3.05) is 19.7 Å². The maximum Gasteiger partial charge on any atom is 0.125 e. The van der Waals surface area contributed by atoms with Crippen LogP contribution >= 0.6 is 0 Å². The summed E-state index contributed by atoms with van der Waals surface area (Å²) in [5.74, 6) is 1.84. The number of aliphatic hydroxyl groups is 1. The van der Waals surface area contributed by atoms with Gasteiger partial charge in [-0.2, -0.15) is 0 Å². The van der Waals surface area contributed by atoms with Crippen molar-refractivity contribution >= 4 is 0 Å². The second-order valence-electron chi connectivity index (χ2n) is 5.62. The van der Waals surface area contributed by atoms with Crippen molar-refractivity contribution < 1.29 is 9.84 Å². The van der Waals surface area contributed by atoms with Crippen molar-refractivity contribution in [1.29, 1.82) is 0 Å². The summed E-state index contributed by atoms with van der Waals surface area (Å²) >= 11 is 0. The average Bonchev–Trinajstić information content (AvgIpc) is 3.18. The van der Waals surface area contributed by atoms with Crippen LogP contribution in [0.4, 0.5) is 0 Å². The van der Waals surface area contributed by atoms with E-state index in [1.165, 1.54) is 19.3 Å². The third-order valence-electron chi connectivity index (χ3n) is 3.64. The van der Waals surface area contributed by atoms with Gasteiger partial charge in [-0.1, -0.05) is 31.0 Å². The molecule has 0 spiro atoms. The van der Waals surface area contributed by atoms with Gasteiger partial charge in [0.2, 0.25) is 0 Å². The Bertz CT molecular complexity index is 381. The van der Waals surface area contributed by atoms with Crippen molar-refractivity contribution in [1.82, 2.24) is 5.32 Å². The first-order chi connectivity index (χ1) is 9.16. The highest BCUT2D eigenvalue weighted by molar-refractivity contribution is 5.39. The largest absolute Gasteiger partial charge is 0.490 e. The minimum absolute atomic E-state index is 0.349. The van der Waals surface area contributed by atoms with E-state index in [1.807, 2.05) is 32.0 Å². The van der Waals surface area contributed by atoms with E-state index in [9.17, 15) is 5.11 Å². The molecule has 0 radical (unpaired) electrons. The highest BCUT2D eigenvalue weighted by Gasteiger charge is 2.20. The van der Waals surface area contributed by atoms with Crippen LogP contribution in [0.5, 0.6) is 5.75 Å². The van der Waals surface area contributed by atoms with Crippen molar-refractivity contribution in [2.45, 2.75) is 39.2 Å². The van der Waals surface area contributed by atoms with E-state index in [-0.39, 0.29) is 0 Å². The fraction of sp³-hybridized carbons (Fsp3) is 0.625. The monoisotopic (exact) mass is 263 g/mol. The van der Waals surface area contributed by atoms with Gasteiger partial charge < -0.3 is 15.2 Å². The lowest BCUT2D eigenvalue weighted by Crippen LogP contribution is -2.32. The molecule has 106 valence electrons. The third-order valence-corrected chi connectivity index (χ3v) is 3.64. The van der Waals surface area contributed by atoms with Gasteiger partial charge >= 0.3 is 0 Å². The van der Waals surface area contributed by atoms with Crippen LogP contribution < -0.4 is 10.1 Å². The Labute approximate surface area is 116 Å². The third kappa shape index (κ3) is 4.84. The molecule has 2 rings (SSSR count). The first kappa shape index (κ1) is 14.4. The molecule has 2 N–H and O–H groups in total. The van der Waals surface area contributed by atoms with E-state index in [0.717, 1.165) is 29.3 Å². The van der Waals surface area contributed by atoms with Gasteiger partial charge in [-0.3, -0.25) is 0 Å². The predicted molar refractivity (Wildman–Crippen MR) is 77.6 cm³/mol. The molecule has 1 saturated carbocycles. The summed E-state index contributed by atoms with van der Waals surface area (Å²) in [5.41, 5.74) is 2.24. The number of hydrogen-bond donors (Lipinski definition) is 2. The molecule has 0 heterocycles. The summed E-state index contributed by atoms with van der Waals surface area (Å²) in [7, 11) is 0. The van der Waals surface area contributed by atoms with Gasteiger partial charge in [0.05, 0.1) is 0 Å². The summed E-state index contributed by atoms with van der Waals surface area (Å²) in [5, 5.41) is 13.2. The lowest BCUT2D eigenvalue weighted by atomic mass is 10.1. The molecule has 3 heteroatoms. The molecule has 1 atom stereocenters. The van der Waals surface area contributed by atoms with Crippen molar-refractivity contribution in [3.63, 3.8) is 0 Å². The van der Waals surface area contributed by atoms with Crippen LogP contribution in [0.15, 0.2) is 18.2 Å². The van der Waals surface area contributed by atoms with Gasteiger partial charge in [0.25, 0.3) is 0 Å². The SMILES string of the molecule is Cc1cccc(C)c1OCC(O)CNCCC1CC1. The van der Waals surface area contributed by atoms with Gasteiger partial charge in [0, 0.05) is 6.54 Å². The van der Waals surface area contributed by atoms with Gasteiger partial charge in [-0.05, 0) is 43.9 Å². The summed E-state index contributed by atoms with van der Waals surface area (Å²) < 4.78 is 5.73. The number of rotatable bonds is 8. The van der Waals surface area contributed by atoms with Crippen molar-refractivity contribution in [3.05, 3.63) is 29.3 Å². The van der Waals surface area contributed by atoms with Gasteiger partial charge in [-0.15, -0.1) is 0 Å². The molecule has 1 aliphatic rings. The van der Waals surface area contributed by atoms with Gasteiger partial charge in [0.1, 0.15) is 18.5 Å². The molecule has 1 fully saturated rings. The Hall–Kier alpha value is -1.06. The molecular formula is C16H25NO2. The smallest absolute Gasteiger partial charge is 0.125 e. The minimum atomic E-state index is -0.446. The molecule has 0 amide bonds. The molecule has 0 aromatic heterocycles. The lowest BCUT2D eigenvalue weighted by molar-refractivity contribution is 0.105. The quantitative estimate of drug-likeness (QED) is 0.708. The summed E-state index contributed by atoms with van der Waals surface area (Å²) in [6, 6.07) is 6.08. The highest BCUT2D eigenvalue weighted by Crippen LogP contribution is 2.31. The molecular weight excluding hydrogens is 238 g/mol. The number of benzene rings is 1. The number of aryl methyl sites for hydroxylation is 2. The second-order valence-corrected chi connectivity index (χ2v) is 5.62. The van der Waals surface area contributed by atoms with Crippen molar-refractivity contribution in [2.24, 2.45) is 5.92 Å². The van der Waals surface area contributed by atoms with Crippen LogP contribution in [0.25, 0.3) is 0 Å². The normalized spacial score (nSPS) is 16.4. The first-order valence-electron chi connectivity index (χ1n) is 7.24. The van der Waals surface area contributed by atoms with Crippen LogP contribution in [0.2, 0.25) is 0 Å². The fourth-order valence-corrected chi connectivity index (χ4v) is 2.25. The molecule has 1 aliphatic carbocycles. The van der Waals surface area contributed by atoms with Crippen LogP contribution in [-0.2, 0) is 0 Å². The molecule has 0 saturated heterocycles. The molecule has 0 bridgehead atoms. The highest BCUT2D eigenvalue weighted by atomic mass is 16.5. The van der Waals surface area contributed by atoms with Crippen LogP contribution in [0.3, 0.4) is 0 Å². The lowest BCUT2D eigenvalue weighted by Gasteiger charge is -2.16. The molecule has 1 aromatic rings. The van der Waals surface area contributed by atoms with Crippen molar-refractivity contribution in [3.8, 4) is 5.75 Å². The number of hydrogen-bond acceptors (Lipinski definition) is 3. The molecule has 3 nitrogen and oxygen atoms in total. The van der Waals surface area contributed by atoms with E-state index < -0.39 is 6.10 Å². The zero-order chi connectivity index (χ0) is 13.7. The van der Waals surface area contributed by atoms with E-state index >= 15 is 0 Å². The Kier molecular flexibility index (Phi) is 5.23. The number of para-hydroxylation sites is 1. The van der Waals surface area contributed by atoms with E-state index in [1.54, 1.807) is 0 Å². The Morgan fingerprint density at radius 2 is 2.00 bits per heavy atom. The Morgan fingerprint density at radius 1 is 1.32 bits per heavy atom. The van der Waals surface area contributed by atoms with E-state index in [2.05, 4.69) is 5.32 Å². The van der Waals surface area contributed by atoms with E-state index in [4.69, 9.17) is 4.74 Å². The topological polar surface area (TPSA) is 41.5 Å². The van der Waals surface area contributed by atoms with Gasteiger partial charge in [-0.25, -0.2) is 0 Å². The van der Waals surface area contributed by atoms with E-state index in [0.29, 0.717) is 13.2 Å². The molecule has 1 unspecified atom stereocenters. The zero-order valence-electron chi connectivity index (χ0n) is 12.0. The summed E-state index contributed by atoms with van der Waals surface area (Å²) in [6.07, 6.45) is 3.57. The number of aliphatic hydroxyl groups excluding tert-OH is 1. The zero-order valence-corrected chi connectivity index (χ0v) is 12.0. The Balaban J connectivity index is 1.65.